The van der Waals surface area contributed by atoms with E-state index in [1.807, 2.05) is 0 Å². The van der Waals surface area contributed by atoms with E-state index in [1.165, 1.54) is 6.92 Å². The first-order valence-electron chi connectivity index (χ1n) is 4.52. The van der Waals surface area contributed by atoms with Gasteiger partial charge in [0, 0.05) is 12.8 Å². The van der Waals surface area contributed by atoms with Gasteiger partial charge in [-0.2, -0.15) is 0 Å². The predicted octanol–water partition coefficient (Wildman–Crippen LogP) is 0.709. The van der Waals surface area contributed by atoms with Crippen LogP contribution >= 0.6 is 0 Å². The maximum Gasteiger partial charge on any atom is 0.302 e. The minimum Gasteiger partial charge on any atom is -0.462 e. The molecule has 0 saturated heterocycles. The first-order valence-corrected chi connectivity index (χ1v) is 4.52. The highest BCUT2D eigenvalue weighted by Crippen LogP contribution is 2.45. The molecule has 0 heterocycles. The van der Waals surface area contributed by atoms with Crippen molar-refractivity contribution in [3.63, 3.8) is 0 Å². The first kappa shape index (κ1) is 8.05. The van der Waals surface area contributed by atoms with E-state index in [0.717, 1.165) is 19.3 Å². The normalized spacial score (nSPS) is 44.8. The van der Waals surface area contributed by atoms with Crippen LogP contribution in [-0.4, -0.2) is 23.3 Å². The molecular weight excluding hydrogens is 156 g/mol. The average molecular weight is 170 g/mol. The molecule has 2 saturated carbocycles. The molecule has 3 nitrogen and oxygen atoms in total. The first-order chi connectivity index (χ1) is 5.66. The summed E-state index contributed by atoms with van der Waals surface area (Å²) in [6, 6.07) is 0. The van der Waals surface area contributed by atoms with Crippen molar-refractivity contribution in [2.75, 3.05) is 0 Å². The minimum atomic E-state index is -0.229. The molecule has 0 aromatic heterocycles. The molecule has 12 heavy (non-hydrogen) atoms. The van der Waals surface area contributed by atoms with Crippen LogP contribution in [-0.2, 0) is 9.53 Å². The van der Waals surface area contributed by atoms with Crippen LogP contribution in [0.2, 0.25) is 0 Å². The van der Waals surface area contributed by atoms with Crippen LogP contribution in [0, 0.1) is 11.8 Å². The average Bonchev–Trinajstić information content (AvgIpc) is 2.43. The zero-order chi connectivity index (χ0) is 8.72. The summed E-state index contributed by atoms with van der Waals surface area (Å²) in [4.78, 5) is 10.7. The quantitative estimate of drug-likeness (QED) is 0.589. The van der Waals surface area contributed by atoms with Gasteiger partial charge in [-0.25, -0.2) is 0 Å². The molecule has 2 aliphatic rings. The SMILES string of the molecule is CC(=O)O[C@@H]1C[C@H]2C[C@@H]1[C@@H](O)C2. The van der Waals surface area contributed by atoms with Crippen molar-refractivity contribution < 1.29 is 14.6 Å². The highest BCUT2D eigenvalue weighted by Gasteiger charge is 2.47. The van der Waals surface area contributed by atoms with Gasteiger partial charge in [0.2, 0.25) is 0 Å². The Morgan fingerprint density at radius 2 is 2.17 bits per heavy atom. The van der Waals surface area contributed by atoms with E-state index in [0.29, 0.717) is 5.92 Å². The van der Waals surface area contributed by atoms with Crippen LogP contribution in [0.4, 0.5) is 0 Å². The lowest BCUT2D eigenvalue weighted by atomic mass is 9.95. The number of ether oxygens (including phenoxy) is 1. The molecule has 2 rings (SSSR count). The summed E-state index contributed by atoms with van der Waals surface area (Å²) in [5.41, 5.74) is 0. The number of hydrogen-bond acceptors (Lipinski definition) is 3. The number of aliphatic hydroxyl groups excluding tert-OH is 1. The number of hydrogen-bond donors (Lipinski definition) is 1. The van der Waals surface area contributed by atoms with Gasteiger partial charge < -0.3 is 9.84 Å². The molecule has 2 bridgehead atoms. The monoisotopic (exact) mass is 170 g/mol. The van der Waals surface area contributed by atoms with E-state index >= 15 is 0 Å². The molecule has 0 unspecified atom stereocenters. The molecule has 68 valence electrons. The summed E-state index contributed by atoms with van der Waals surface area (Å²) in [7, 11) is 0. The molecule has 0 radical (unpaired) electrons. The summed E-state index contributed by atoms with van der Waals surface area (Å²) in [6.07, 6.45) is 2.67. The van der Waals surface area contributed by atoms with Crippen LogP contribution in [0.5, 0.6) is 0 Å². The highest BCUT2D eigenvalue weighted by molar-refractivity contribution is 5.66. The van der Waals surface area contributed by atoms with E-state index in [1.54, 1.807) is 0 Å². The Morgan fingerprint density at radius 3 is 2.67 bits per heavy atom. The van der Waals surface area contributed by atoms with Gasteiger partial charge in [-0.05, 0) is 25.2 Å². The van der Waals surface area contributed by atoms with Crippen LogP contribution < -0.4 is 0 Å². The fourth-order valence-electron chi connectivity index (χ4n) is 2.60. The van der Waals surface area contributed by atoms with E-state index < -0.39 is 0 Å². The van der Waals surface area contributed by atoms with Gasteiger partial charge in [0.15, 0.2) is 0 Å². The van der Waals surface area contributed by atoms with E-state index in [9.17, 15) is 9.90 Å². The molecule has 1 N–H and O–H groups in total. The van der Waals surface area contributed by atoms with Crippen molar-refractivity contribution in [2.24, 2.45) is 11.8 Å². The minimum absolute atomic E-state index is 0.00347. The third kappa shape index (κ3) is 1.22. The van der Waals surface area contributed by atoms with E-state index in [-0.39, 0.29) is 24.1 Å². The topological polar surface area (TPSA) is 46.5 Å². The van der Waals surface area contributed by atoms with Crippen molar-refractivity contribution in [1.29, 1.82) is 0 Å². The number of aliphatic hydroxyl groups is 1. The van der Waals surface area contributed by atoms with Gasteiger partial charge >= 0.3 is 5.97 Å². The Bertz CT molecular complexity index is 202. The summed E-state index contributed by atoms with van der Waals surface area (Å²) in [6.45, 7) is 1.43. The highest BCUT2D eigenvalue weighted by atomic mass is 16.5. The third-order valence-corrected chi connectivity index (χ3v) is 3.04. The number of carbonyl (C=O) groups excluding carboxylic acids is 1. The van der Waals surface area contributed by atoms with Gasteiger partial charge in [0.25, 0.3) is 0 Å². The van der Waals surface area contributed by atoms with Crippen LogP contribution in [0.3, 0.4) is 0 Å². The molecule has 0 aromatic rings. The lowest BCUT2D eigenvalue weighted by molar-refractivity contribution is -0.151. The lowest BCUT2D eigenvalue weighted by Gasteiger charge is -2.25. The van der Waals surface area contributed by atoms with Crippen molar-refractivity contribution in [3.8, 4) is 0 Å². The fraction of sp³-hybridized carbons (Fsp3) is 0.889. The van der Waals surface area contributed by atoms with Gasteiger partial charge in [-0.15, -0.1) is 0 Å². The van der Waals surface area contributed by atoms with Gasteiger partial charge in [0.1, 0.15) is 6.10 Å². The fourth-order valence-corrected chi connectivity index (χ4v) is 2.60. The predicted molar refractivity (Wildman–Crippen MR) is 42.4 cm³/mol. The van der Waals surface area contributed by atoms with Gasteiger partial charge in [0.05, 0.1) is 6.10 Å². The van der Waals surface area contributed by atoms with E-state index in [4.69, 9.17) is 4.74 Å². The van der Waals surface area contributed by atoms with Crippen molar-refractivity contribution in [1.82, 2.24) is 0 Å². The summed E-state index contributed by atoms with van der Waals surface area (Å²) in [5, 5.41) is 9.51. The van der Waals surface area contributed by atoms with Crippen LogP contribution in [0.1, 0.15) is 26.2 Å². The molecular formula is C9H14O3. The number of rotatable bonds is 1. The molecule has 4 atom stereocenters. The second-order valence-corrected chi connectivity index (χ2v) is 3.95. The second-order valence-electron chi connectivity index (χ2n) is 3.95. The van der Waals surface area contributed by atoms with Gasteiger partial charge in [-0.1, -0.05) is 0 Å². The maximum atomic E-state index is 10.7. The zero-order valence-corrected chi connectivity index (χ0v) is 7.19. The Labute approximate surface area is 71.7 Å². The van der Waals surface area contributed by atoms with Crippen molar-refractivity contribution in [3.05, 3.63) is 0 Å². The van der Waals surface area contributed by atoms with E-state index in [2.05, 4.69) is 0 Å². The Morgan fingerprint density at radius 1 is 1.42 bits per heavy atom. The molecule has 0 spiro atoms. The number of carbonyl (C=O) groups is 1. The van der Waals surface area contributed by atoms with Crippen LogP contribution in [0.25, 0.3) is 0 Å². The maximum absolute atomic E-state index is 10.7. The van der Waals surface area contributed by atoms with Gasteiger partial charge in [-0.3, -0.25) is 4.79 Å². The lowest BCUT2D eigenvalue weighted by Crippen LogP contribution is -2.31. The Balaban J connectivity index is 1.98. The molecule has 0 aliphatic heterocycles. The second kappa shape index (κ2) is 2.73. The summed E-state index contributed by atoms with van der Waals surface area (Å²) < 4.78 is 5.12. The number of fused-ring (bicyclic) bond motifs is 2. The molecule has 2 aliphatic carbocycles. The molecule has 2 fully saturated rings. The Kier molecular flexibility index (Phi) is 1.83. The number of esters is 1. The largest absolute Gasteiger partial charge is 0.462 e. The Hall–Kier alpha value is -0.570. The molecule has 0 aromatic carbocycles. The summed E-state index contributed by atoms with van der Waals surface area (Å²) in [5.74, 6) is 0.591. The van der Waals surface area contributed by atoms with Crippen molar-refractivity contribution in [2.45, 2.75) is 38.4 Å². The smallest absolute Gasteiger partial charge is 0.302 e. The molecule has 0 amide bonds. The third-order valence-electron chi connectivity index (χ3n) is 3.04. The molecule has 3 heteroatoms. The zero-order valence-electron chi connectivity index (χ0n) is 7.19. The van der Waals surface area contributed by atoms with Crippen molar-refractivity contribution >= 4 is 5.97 Å². The van der Waals surface area contributed by atoms with Crippen LogP contribution in [0.15, 0.2) is 0 Å². The standard InChI is InChI=1S/C9H14O3/c1-5(10)12-9-4-6-2-7(9)8(11)3-6/h6-9,11H,2-4H2,1H3/t6-,7+,8-,9+/m0/s1. The summed E-state index contributed by atoms with van der Waals surface area (Å²) >= 11 is 0.